The van der Waals surface area contributed by atoms with Gasteiger partial charge >= 0.3 is 6.03 Å². The van der Waals surface area contributed by atoms with Gasteiger partial charge in [0.05, 0.1) is 11.1 Å². The van der Waals surface area contributed by atoms with Crippen molar-refractivity contribution in [2.45, 2.75) is 6.10 Å². The Morgan fingerprint density at radius 2 is 2.05 bits per heavy atom. The number of urea groups is 1. The van der Waals surface area contributed by atoms with Crippen molar-refractivity contribution in [2.24, 2.45) is 0 Å². The van der Waals surface area contributed by atoms with Crippen LogP contribution >= 0.6 is 11.6 Å². The first kappa shape index (κ1) is 15.2. The third kappa shape index (κ3) is 4.40. The molecule has 0 saturated carbocycles. The first-order valence-corrected chi connectivity index (χ1v) is 6.52. The summed E-state index contributed by atoms with van der Waals surface area (Å²) in [5.41, 5.74) is 0.913. The van der Waals surface area contributed by atoms with Crippen molar-refractivity contribution in [2.75, 3.05) is 11.9 Å². The summed E-state index contributed by atoms with van der Waals surface area (Å²) in [6.07, 6.45) is 2.06. The molecule has 110 valence electrons. The van der Waals surface area contributed by atoms with Gasteiger partial charge in [0, 0.05) is 24.6 Å². The average Bonchev–Trinajstić information content (AvgIpc) is 2.48. The molecule has 1 aromatic carbocycles. The Bertz CT molecular complexity index is 625. The van der Waals surface area contributed by atoms with Crippen LogP contribution in [-0.4, -0.2) is 22.7 Å². The van der Waals surface area contributed by atoms with Gasteiger partial charge in [-0.05, 0) is 29.8 Å². The fourth-order valence-electron chi connectivity index (χ4n) is 1.64. The number of rotatable bonds is 4. The van der Waals surface area contributed by atoms with Gasteiger partial charge in [0.15, 0.2) is 0 Å². The van der Waals surface area contributed by atoms with Crippen molar-refractivity contribution in [3.05, 3.63) is 59.1 Å². The SMILES string of the molecule is O=C(NC[C@@H](O)c1ccc(Cl)c(F)c1)Nc1ccncc1. The van der Waals surface area contributed by atoms with Crippen LogP contribution < -0.4 is 10.6 Å². The maximum atomic E-state index is 13.3. The lowest BCUT2D eigenvalue weighted by atomic mass is 10.1. The Morgan fingerprint density at radius 3 is 2.71 bits per heavy atom. The number of amides is 2. The molecule has 0 unspecified atom stereocenters. The molecule has 2 rings (SSSR count). The van der Waals surface area contributed by atoms with E-state index in [2.05, 4.69) is 15.6 Å². The van der Waals surface area contributed by atoms with Gasteiger partial charge in [-0.1, -0.05) is 17.7 Å². The number of benzene rings is 1. The average molecular weight is 310 g/mol. The molecule has 2 aromatic rings. The monoisotopic (exact) mass is 309 g/mol. The first-order valence-electron chi connectivity index (χ1n) is 6.14. The Labute approximate surface area is 125 Å². The van der Waals surface area contributed by atoms with Crippen molar-refractivity contribution < 1.29 is 14.3 Å². The van der Waals surface area contributed by atoms with Crippen LogP contribution in [0.25, 0.3) is 0 Å². The van der Waals surface area contributed by atoms with Crippen LogP contribution in [0.1, 0.15) is 11.7 Å². The van der Waals surface area contributed by atoms with Gasteiger partial charge in [0.25, 0.3) is 0 Å². The Hall–Kier alpha value is -2.18. The number of anilines is 1. The topological polar surface area (TPSA) is 74.2 Å². The predicted octanol–water partition coefficient (Wildman–Crippen LogP) is 2.73. The van der Waals surface area contributed by atoms with Crippen LogP contribution in [0.15, 0.2) is 42.7 Å². The molecule has 0 fully saturated rings. The second kappa shape index (κ2) is 7.01. The number of aromatic nitrogens is 1. The molecule has 0 aliphatic rings. The Kier molecular flexibility index (Phi) is 5.08. The van der Waals surface area contributed by atoms with E-state index in [0.29, 0.717) is 11.3 Å². The number of hydrogen-bond donors (Lipinski definition) is 3. The minimum absolute atomic E-state index is 0.0191. The summed E-state index contributed by atoms with van der Waals surface area (Å²) < 4.78 is 13.3. The number of pyridine rings is 1. The second-order valence-corrected chi connectivity index (χ2v) is 4.67. The number of aliphatic hydroxyl groups excluding tert-OH is 1. The van der Waals surface area contributed by atoms with Crippen LogP contribution in [0.5, 0.6) is 0 Å². The van der Waals surface area contributed by atoms with Crippen molar-refractivity contribution in [1.29, 1.82) is 0 Å². The Balaban J connectivity index is 1.87. The molecular formula is C14H13ClFN3O2. The molecule has 3 N–H and O–H groups in total. The summed E-state index contributed by atoms with van der Waals surface area (Å²) in [4.78, 5) is 15.4. The van der Waals surface area contributed by atoms with E-state index < -0.39 is 18.0 Å². The summed E-state index contributed by atoms with van der Waals surface area (Å²) in [7, 11) is 0. The van der Waals surface area contributed by atoms with Crippen LogP contribution in [0.4, 0.5) is 14.9 Å². The van der Waals surface area contributed by atoms with Gasteiger partial charge in [0.2, 0.25) is 0 Å². The molecule has 0 radical (unpaired) electrons. The van der Waals surface area contributed by atoms with E-state index in [9.17, 15) is 14.3 Å². The van der Waals surface area contributed by atoms with Gasteiger partial charge in [-0.15, -0.1) is 0 Å². The van der Waals surface area contributed by atoms with Gasteiger partial charge in [0.1, 0.15) is 5.82 Å². The maximum Gasteiger partial charge on any atom is 0.319 e. The molecule has 1 aromatic heterocycles. The minimum atomic E-state index is -1.03. The van der Waals surface area contributed by atoms with Crippen molar-refractivity contribution in [3.63, 3.8) is 0 Å². The lowest BCUT2D eigenvalue weighted by molar-refractivity contribution is 0.174. The van der Waals surface area contributed by atoms with E-state index in [4.69, 9.17) is 11.6 Å². The summed E-state index contributed by atoms with van der Waals surface area (Å²) >= 11 is 5.56. The van der Waals surface area contributed by atoms with E-state index in [1.807, 2.05) is 0 Å². The quantitative estimate of drug-likeness (QED) is 0.813. The fourth-order valence-corrected chi connectivity index (χ4v) is 1.75. The van der Waals surface area contributed by atoms with E-state index >= 15 is 0 Å². The fraction of sp³-hybridized carbons (Fsp3) is 0.143. The number of nitrogens with one attached hydrogen (secondary N) is 2. The number of hydrogen-bond acceptors (Lipinski definition) is 3. The normalized spacial score (nSPS) is 11.8. The lowest BCUT2D eigenvalue weighted by Gasteiger charge is -2.13. The van der Waals surface area contributed by atoms with Crippen LogP contribution in [0, 0.1) is 5.82 Å². The molecule has 5 nitrogen and oxygen atoms in total. The molecule has 0 saturated heterocycles. The second-order valence-electron chi connectivity index (χ2n) is 4.26. The van der Waals surface area contributed by atoms with Gasteiger partial charge in [-0.25, -0.2) is 9.18 Å². The number of carbonyl (C=O) groups excluding carboxylic acids is 1. The number of aliphatic hydroxyl groups is 1. The third-order valence-corrected chi connectivity index (χ3v) is 3.03. The highest BCUT2D eigenvalue weighted by molar-refractivity contribution is 6.30. The zero-order chi connectivity index (χ0) is 15.2. The van der Waals surface area contributed by atoms with Crippen molar-refractivity contribution in [1.82, 2.24) is 10.3 Å². The summed E-state index contributed by atoms with van der Waals surface area (Å²) in [6, 6.07) is 6.77. The van der Waals surface area contributed by atoms with Crippen molar-refractivity contribution >= 4 is 23.3 Å². The van der Waals surface area contributed by atoms with Crippen LogP contribution in [-0.2, 0) is 0 Å². The zero-order valence-electron chi connectivity index (χ0n) is 10.9. The smallest absolute Gasteiger partial charge is 0.319 e. The highest BCUT2D eigenvalue weighted by atomic mass is 35.5. The van der Waals surface area contributed by atoms with Gasteiger partial charge in [-0.3, -0.25) is 4.98 Å². The molecule has 2 amide bonds. The predicted molar refractivity (Wildman–Crippen MR) is 77.6 cm³/mol. The summed E-state index contributed by atoms with van der Waals surface area (Å²) in [6.45, 7) is -0.0576. The standard InChI is InChI=1S/C14H13ClFN3O2/c15-11-2-1-9(7-12(11)16)13(20)8-18-14(21)19-10-3-5-17-6-4-10/h1-7,13,20H,8H2,(H2,17,18,19,21)/t13-/m1/s1. The molecule has 0 bridgehead atoms. The summed E-state index contributed by atoms with van der Waals surface area (Å²) in [5, 5.41) is 14.9. The number of halogens is 2. The number of nitrogens with zero attached hydrogens (tertiary/aromatic N) is 1. The van der Waals surface area contributed by atoms with Gasteiger partial charge < -0.3 is 15.7 Å². The van der Waals surface area contributed by atoms with E-state index in [0.717, 1.165) is 6.07 Å². The zero-order valence-corrected chi connectivity index (χ0v) is 11.6. The largest absolute Gasteiger partial charge is 0.387 e. The highest BCUT2D eigenvalue weighted by Crippen LogP contribution is 2.19. The van der Waals surface area contributed by atoms with Crippen LogP contribution in [0.3, 0.4) is 0 Å². The molecule has 0 aliphatic carbocycles. The van der Waals surface area contributed by atoms with E-state index in [-0.39, 0.29) is 11.6 Å². The summed E-state index contributed by atoms with van der Waals surface area (Å²) in [5.74, 6) is -0.616. The molecule has 1 heterocycles. The molecule has 7 heteroatoms. The third-order valence-electron chi connectivity index (χ3n) is 2.72. The highest BCUT2D eigenvalue weighted by Gasteiger charge is 2.11. The molecule has 21 heavy (non-hydrogen) atoms. The lowest BCUT2D eigenvalue weighted by Crippen LogP contribution is -2.32. The Morgan fingerprint density at radius 1 is 1.33 bits per heavy atom. The molecule has 1 atom stereocenters. The minimum Gasteiger partial charge on any atom is -0.387 e. The van der Waals surface area contributed by atoms with Crippen LogP contribution in [0.2, 0.25) is 5.02 Å². The molecule has 0 spiro atoms. The van der Waals surface area contributed by atoms with E-state index in [1.165, 1.54) is 12.1 Å². The molecule has 0 aliphatic heterocycles. The van der Waals surface area contributed by atoms with Crippen molar-refractivity contribution in [3.8, 4) is 0 Å². The number of carbonyl (C=O) groups is 1. The maximum absolute atomic E-state index is 13.3. The first-order chi connectivity index (χ1) is 10.1. The van der Waals surface area contributed by atoms with Gasteiger partial charge in [-0.2, -0.15) is 0 Å². The van der Waals surface area contributed by atoms with E-state index in [1.54, 1.807) is 24.5 Å². The molecular weight excluding hydrogens is 297 g/mol.